The van der Waals surface area contributed by atoms with Crippen LogP contribution in [-0.2, 0) is 13.0 Å². The Labute approximate surface area is 209 Å². The molecule has 1 amide bonds. The molecule has 2 aromatic heterocycles. The maximum atomic E-state index is 13.1. The summed E-state index contributed by atoms with van der Waals surface area (Å²) in [6.07, 6.45) is 4.96. The van der Waals surface area contributed by atoms with Gasteiger partial charge in [-0.05, 0) is 76.5 Å². The van der Waals surface area contributed by atoms with Crippen LogP contribution in [0.4, 0.5) is 5.69 Å². The third kappa shape index (κ3) is 4.73. The fourth-order valence-corrected chi connectivity index (χ4v) is 5.18. The van der Waals surface area contributed by atoms with E-state index in [4.69, 9.17) is 0 Å². The quantitative estimate of drug-likeness (QED) is 0.343. The number of rotatable bonds is 6. The van der Waals surface area contributed by atoms with Crippen LogP contribution in [0.15, 0.2) is 77.4 Å². The predicted molar refractivity (Wildman–Crippen MR) is 141 cm³/mol. The number of benzene rings is 2. The number of fused-ring (bicyclic) bond motifs is 1. The van der Waals surface area contributed by atoms with Crippen molar-refractivity contribution in [2.24, 2.45) is 0 Å². The monoisotopic (exact) mass is 516 g/mol. The van der Waals surface area contributed by atoms with Gasteiger partial charge in [0, 0.05) is 36.0 Å². The normalized spacial score (nSPS) is 14.5. The number of amides is 1. The van der Waals surface area contributed by atoms with E-state index in [1.807, 2.05) is 29.7 Å². The Morgan fingerprint density at radius 1 is 1.03 bits per heavy atom. The number of aryl methyl sites for hydroxylation is 1. The Hall–Kier alpha value is -3.12. The summed E-state index contributed by atoms with van der Waals surface area (Å²) in [7, 11) is 0. The van der Waals surface area contributed by atoms with Crippen LogP contribution in [0.5, 0.6) is 0 Å². The Morgan fingerprint density at radius 3 is 2.47 bits per heavy atom. The summed E-state index contributed by atoms with van der Waals surface area (Å²) >= 11 is 3.49. The smallest absolute Gasteiger partial charge is 0.270 e. The molecule has 1 N–H and O–H groups in total. The van der Waals surface area contributed by atoms with Gasteiger partial charge in [-0.25, -0.2) is 4.98 Å². The summed E-state index contributed by atoms with van der Waals surface area (Å²) in [5, 5.41) is 3.08. The van der Waals surface area contributed by atoms with E-state index in [2.05, 4.69) is 85.7 Å². The highest BCUT2D eigenvalue weighted by atomic mass is 79.9. The van der Waals surface area contributed by atoms with Crippen LogP contribution >= 0.6 is 15.9 Å². The van der Waals surface area contributed by atoms with Gasteiger partial charge in [-0.1, -0.05) is 49.4 Å². The number of aromatic nitrogens is 2. The van der Waals surface area contributed by atoms with Gasteiger partial charge in [-0.2, -0.15) is 0 Å². The van der Waals surface area contributed by atoms with E-state index in [0.29, 0.717) is 24.6 Å². The molecule has 1 aliphatic heterocycles. The second kappa shape index (κ2) is 10.0. The lowest BCUT2D eigenvalue weighted by molar-refractivity contribution is 0.0944. The summed E-state index contributed by atoms with van der Waals surface area (Å²) in [6, 6.07) is 23.3. The van der Waals surface area contributed by atoms with Crippen molar-refractivity contribution in [2.45, 2.75) is 38.6 Å². The number of piperidine rings is 1. The molecule has 6 heteroatoms. The van der Waals surface area contributed by atoms with E-state index in [-0.39, 0.29) is 5.91 Å². The highest BCUT2D eigenvalue weighted by Gasteiger charge is 2.21. The van der Waals surface area contributed by atoms with E-state index in [1.165, 1.54) is 24.1 Å². The van der Waals surface area contributed by atoms with Crippen molar-refractivity contribution in [1.82, 2.24) is 14.7 Å². The fraction of sp³-hybridized carbons (Fsp3) is 0.286. The van der Waals surface area contributed by atoms with Crippen molar-refractivity contribution in [3.63, 3.8) is 0 Å². The van der Waals surface area contributed by atoms with E-state index in [0.717, 1.165) is 34.5 Å². The van der Waals surface area contributed by atoms with Crippen molar-refractivity contribution in [3.8, 4) is 0 Å². The molecule has 1 fully saturated rings. The number of pyridine rings is 1. The maximum absolute atomic E-state index is 13.1. The third-order valence-electron chi connectivity index (χ3n) is 6.73. The second-order valence-electron chi connectivity index (χ2n) is 8.86. The van der Waals surface area contributed by atoms with Crippen LogP contribution in [-0.4, -0.2) is 28.4 Å². The zero-order valence-corrected chi connectivity index (χ0v) is 21.0. The molecule has 0 saturated carbocycles. The van der Waals surface area contributed by atoms with E-state index in [1.54, 1.807) is 0 Å². The molecule has 1 aliphatic rings. The minimum atomic E-state index is -0.102. The SMILES string of the molecule is CCc1nc2ccc(Br)cn2c1C(=O)NCc1ccc(N2CCC(c3ccccc3)CC2)cc1. The molecule has 34 heavy (non-hydrogen) atoms. The summed E-state index contributed by atoms with van der Waals surface area (Å²) in [5.41, 5.74) is 6.00. The summed E-state index contributed by atoms with van der Waals surface area (Å²) in [6.45, 7) is 4.65. The summed E-state index contributed by atoms with van der Waals surface area (Å²) in [4.78, 5) is 20.1. The number of hydrogen-bond acceptors (Lipinski definition) is 3. The van der Waals surface area contributed by atoms with Gasteiger partial charge in [0.15, 0.2) is 0 Å². The molecule has 3 heterocycles. The molecule has 0 spiro atoms. The van der Waals surface area contributed by atoms with Crippen molar-refractivity contribution < 1.29 is 4.79 Å². The van der Waals surface area contributed by atoms with Crippen LogP contribution in [0, 0.1) is 0 Å². The molecule has 0 radical (unpaired) electrons. The van der Waals surface area contributed by atoms with Crippen LogP contribution in [0.2, 0.25) is 0 Å². The number of hydrogen-bond donors (Lipinski definition) is 1. The predicted octanol–water partition coefficient (Wildman–Crippen LogP) is 5.97. The molecule has 5 rings (SSSR count). The van der Waals surface area contributed by atoms with Gasteiger partial charge in [0.25, 0.3) is 5.91 Å². The first-order chi connectivity index (χ1) is 16.6. The van der Waals surface area contributed by atoms with Crippen LogP contribution in [0.25, 0.3) is 5.65 Å². The lowest BCUT2D eigenvalue weighted by atomic mass is 9.89. The fourth-order valence-electron chi connectivity index (χ4n) is 4.84. The van der Waals surface area contributed by atoms with E-state index in [9.17, 15) is 4.79 Å². The van der Waals surface area contributed by atoms with Gasteiger partial charge < -0.3 is 10.2 Å². The Bertz CT molecular complexity index is 1280. The first-order valence-electron chi connectivity index (χ1n) is 12.0. The summed E-state index contributed by atoms with van der Waals surface area (Å²) < 4.78 is 2.78. The first-order valence-corrected chi connectivity index (χ1v) is 12.7. The van der Waals surface area contributed by atoms with Crippen molar-refractivity contribution in [2.75, 3.05) is 18.0 Å². The number of nitrogens with one attached hydrogen (secondary N) is 1. The number of imidazole rings is 1. The zero-order valence-electron chi connectivity index (χ0n) is 19.4. The van der Waals surface area contributed by atoms with Gasteiger partial charge in [0.2, 0.25) is 0 Å². The highest BCUT2D eigenvalue weighted by molar-refractivity contribution is 9.10. The summed E-state index contributed by atoms with van der Waals surface area (Å²) in [5.74, 6) is 0.551. The van der Waals surface area contributed by atoms with Crippen molar-refractivity contribution in [3.05, 3.63) is 99.9 Å². The molecule has 174 valence electrons. The minimum Gasteiger partial charge on any atom is -0.371 e. The van der Waals surface area contributed by atoms with E-state index >= 15 is 0 Å². The second-order valence-corrected chi connectivity index (χ2v) is 9.77. The molecule has 0 bridgehead atoms. The molecule has 5 nitrogen and oxygen atoms in total. The molecular weight excluding hydrogens is 488 g/mol. The van der Waals surface area contributed by atoms with Crippen molar-refractivity contribution >= 4 is 33.2 Å². The highest BCUT2D eigenvalue weighted by Crippen LogP contribution is 2.30. The number of anilines is 1. The number of halogens is 1. The molecule has 0 atom stereocenters. The third-order valence-corrected chi connectivity index (χ3v) is 7.19. The standard InChI is InChI=1S/C28H29BrN4O/c1-2-25-27(33-19-23(29)10-13-26(33)31-25)28(34)30-18-20-8-11-24(12-9-20)32-16-14-22(15-17-32)21-6-4-3-5-7-21/h3-13,19,22H,2,14-18H2,1H3,(H,30,34). The molecule has 2 aromatic carbocycles. The zero-order chi connectivity index (χ0) is 23.5. The molecule has 1 saturated heterocycles. The largest absolute Gasteiger partial charge is 0.371 e. The molecule has 0 unspecified atom stereocenters. The van der Waals surface area contributed by atoms with Gasteiger partial charge in [-0.15, -0.1) is 0 Å². The van der Waals surface area contributed by atoms with Gasteiger partial charge >= 0.3 is 0 Å². The van der Waals surface area contributed by atoms with E-state index < -0.39 is 0 Å². The average Bonchev–Trinajstić information content (AvgIpc) is 3.26. The Kier molecular flexibility index (Phi) is 6.68. The number of carbonyl (C=O) groups excluding carboxylic acids is 1. The average molecular weight is 517 g/mol. The van der Waals surface area contributed by atoms with Crippen LogP contribution in [0.3, 0.4) is 0 Å². The lowest BCUT2D eigenvalue weighted by Gasteiger charge is -2.34. The van der Waals surface area contributed by atoms with Crippen LogP contribution in [0.1, 0.15) is 53.0 Å². The maximum Gasteiger partial charge on any atom is 0.270 e. The Morgan fingerprint density at radius 2 is 1.76 bits per heavy atom. The minimum absolute atomic E-state index is 0.102. The van der Waals surface area contributed by atoms with Gasteiger partial charge in [0.1, 0.15) is 11.3 Å². The Balaban J connectivity index is 1.21. The van der Waals surface area contributed by atoms with Gasteiger partial charge in [0.05, 0.1) is 5.69 Å². The topological polar surface area (TPSA) is 49.6 Å². The van der Waals surface area contributed by atoms with Gasteiger partial charge in [-0.3, -0.25) is 9.20 Å². The number of nitrogens with zero attached hydrogens (tertiary/aromatic N) is 3. The van der Waals surface area contributed by atoms with Crippen LogP contribution < -0.4 is 10.2 Å². The lowest BCUT2D eigenvalue weighted by Crippen LogP contribution is -2.32. The van der Waals surface area contributed by atoms with Crippen molar-refractivity contribution in [1.29, 1.82) is 0 Å². The molecule has 4 aromatic rings. The molecular formula is C28H29BrN4O. The molecule has 0 aliphatic carbocycles. The first kappa shape index (κ1) is 22.7. The number of carbonyl (C=O) groups is 1.